The fraction of sp³-hybridized carbons (Fsp3) is 0.226. The number of hydrogen-bond donors (Lipinski definition) is 1. The summed E-state index contributed by atoms with van der Waals surface area (Å²) in [6.07, 6.45) is 6.30. The molecule has 0 radical (unpaired) electrons. The summed E-state index contributed by atoms with van der Waals surface area (Å²) in [6, 6.07) is 14.3. The van der Waals surface area contributed by atoms with Crippen LogP contribution in [0.4, 0.5) is 11.4 Å². The van der Waals surface area contributed by atoms with Crippen molar-refractivity contribution in [1.29, 1.82) is 0 Å². The molecule has 1 N–H and O–H groups in total. The van der Waals surface area contributed by atoms with E-state index in [1.54, 1.807) is 36.2 Å². The molecular formula is C31H29BrCl3N5O4. The van der Waals surface area contributed by atoms with E-state index in [1.807, 2.05) is 47.9 Å². The molecule has 1 aliphatic rings. The molecule has 9 nitrogen and oxygen atoms in total. The molecule has 3 heterocycles. The molecule has 0 unspecified atom stereocenters. The van der Waals surface area contributed by atoms with E-state index in [1.165, 1.54) is 11.0 Å². The number of halogens is 4. The fourth-order valence-corrected chi connectivity index (χ4v) is 5.68. The number of nitrogens with one attached hydrogen (secondary N) is 1. The highest BCUT2D eigenvalue weighted by Gasteiger charge is 2.22. The number of aromatic nitrogens is 2. The van der Waals surface area contributed by atoms with E-state index in [2.05, 4.69) is 26.2 Å². The lowest BCUT2D eigenvalue weighted by Crippen LogP contribution is -2.37. The van der Waals surface area contributed by atoms with Crippen molar-refractivity contribution in [3.63, 3.8) is 0 Å². The minimum Gasteiger partial charge on any atom is -0.485 e. The van der Waals surface area contributed by atoms with Gasteiger partial charge < -0.3 is 19.9 Å². The number of anilines is 2. The van der Waals surface area contributed by atoms with Crippen molar-refractivity contribution in [2.45, 2.75) is 26.4 Å². The fourth-order valence-electron chi connectivity index (χ4n) is 4.70. The number of hydrogen-bond acceptors (Lipinski definition) is 5. The second-order valence-corrected chi connectivity index (χ2v) is 11.5. The van der Waals surface area contributed by atoms with E-state index in [9.17, 15) is 14.4 Å². The molecule has 1 aliphatic heterocycles. The highest BCUT2D eigenvalue weighted by atomic mass is 79.9. The normalized spacial score (nSPS) is 12.9. The van der Waals surface area contributed by atoms with Crippen LogP contribution in [0.15, 0.2) is 65.4 Å². The number of rotatable bonds is 9. The van der Waals surface area contributed by atoms with E-state index in [0.29, 0.717) is 34.1 Å². The number of aryl methyl sites for hydroxylation is 1. The van der Waals surface area contributed by atoms with E-state index in [-0.39, 0.29) is 42.4 Å². The topological polar surface area (TPSA) is 96.2 Å². The number of imidazole rings is 1. The smallest absolute Gasteiger partial charge is 0.246 e. The molecule has 44 heavy (non-hydrogen) atoms. The van der Waals surface area contributed by atoms with Crippen molar-refractivity contribution < 1.29 is 19.1 Å². The summed E-state index contributed by atoms with van der Waals surface area (Å²) >= 11 is 16.7. The molecular weight excluding hydrogens is 693 g/mol. The minimum atomic E-state index is -0.424. The van der Waals surface area contributed by atoms with Crippen LogP contribution in [0.5, 0.6) is 5.75 Å². The molecule has 230 valence electrons. The molecule has 13 heteroatoms. The molecule has 0 bridgehead atoms. The zero-order valence-electron chi connectivity index (χ0n) is 23.9. The summed E-state index contributed by atoms with van der Waals surface area (Å²) in [6.45, 7) is 2.42. The quantitative estimate of drug-likeness (QED) is 0.196. The van der Waals surface area contributed by atoms with Crippen LogP contribution in [-0.2, 0) is 21.0 Å². The Labute approximate surface area is 279 Å². The molecule has 2 aromatic carbocycles. The van der Waals surface area contributed by atoms with Crippen LogP contribution in [0.25, 0.3) is 11.7 Å². The van der Waals surface area contributed by atoms with Crippen LogP contribution in [0, 0.1) is 6.92 Å². The van der Waals surface area contributed by atoms with E-state index < -0.39 is 5.91 Å². The van der Waals surface area contributed by atoms with Crippen LogP contribution in [-0.4, -0.2) is 47.2 Å². The number of nitrogens with zero attached hydrogens (tertiary/aromatic N) is 4. The van der Waals surface area contributed by atoms with Gasteiger partial charge in [-0.25, -0.2) is 4.98 Å². The van der Waals surface area contributed by atoms with Gasteiger partial charge in [-0.05, 0) is 77.3 Å². The van der Waals surface area contributed by atoms with Gasteiger partial charge in [0.05, 0.1) is 22.9 Å². The van der Waals surface area contributed by atoms with Gasteiger partial charge in [-0.2, -0.15) is 0 Å². The third-order valence-corrected chi connectivity index (χ3v) is 8.84. The number of ether oxygens (including phenoxy) is 1. The van der Waals surface area contributed by atoms with Crippen LogP contribution in [0.2, 0.25) is 10.0 Å². The largest absolute Gasteiger partial charge is 0.485 e. The molecule has 4 aromatic rings. The summed E-state index contributed by atoms with van der Waals surface area (Å²) < 4.78 is 8.75. The molecule has 5 rings (SSSR count). The number of fused-ring (bicyclic) bond motifs is 1. The second kappa shape index (κ2) is 14.5. The number of benzene rings is 2. The predicted octanol–water partition coefficient (Wildman–Crippen LogP) is 6.63. The van der Waals surface area contributed by atoms with Crippen molar-refractivity contribution in [3.8, 4) is 5.75 Å². The van der Waals surface area contributed by atoms with Gasteiger partial charge in [-0.1, -0.05) is 35.3 Å². The molecule has 0 spiro atoms. The Hall–Kier alpha value is -3.57. The van der Waals surface area contributed by atoms with Crippen molar-refractivity contribution in [1.82, 2.24) is 14.7 Å². The zero-order valence-corrected chi connectivity index (χ0v) is 27.8. The van der Waals surface area contributed by atoms with Crippen molar-refractivity contribution in [2.75, 3.05) is 29.9 Å². The third kappa shape index (κ3) is 7.21. The average Bonchev–Trinajstić information content (AvgIpc) is 3.56. The van der Waals surface area contributed by atoms with Gasteiger partial charge in [0.25, 0.3) is 0 Å². The molecule has 0 saturated carbocycles. The summed E-state index contributed by atoms with van der Waals surface area (Å²) in [5.41, 5.74) is 4.03. The molecule has 3 amide bonds. The van der Waals surface area contributed by atoms with Crippen LogP contribution < -0.4 is 19.9 Å². The van der Waals surface area contributed by atoms with Gasteiger partial charge in [0, 0.05) is 48.6 Å². The first kappa shape index (κ1) is 33.3. The van der Waals surface area contributed by atoms with Crippen LogP contribution in [0.1, 0.15) is 29.7 Å². The Morgan fingerprint density at radius 2 is 1.91 bits per heavy atom. The maximum Gasteiger partial charge on any atom is 0.246 e. The summed E-state index contributed by atoms with van der Waals surface area (Å²) in [5.74, 6) is -0.132. The first-order valence-electron chi connectivity index (χ1n) is 13.5. The van der Waals surface area contributed by atoms with Gasteiger partial charge in [-0.15, -0.1) is 12.4 Å². The molecule has 0 aliphatic carbocycles. The first-order valence-corrected chi connectivity index (χ1v) is 15.0. The third-order valence-electron chi connectivity index (χ3n) is 7.11. The van der Waals surface area contributed by atoms with E-state index in [4.69, 9.17) is 27.9 Å². The molecule has 1 fully saturated rings. The Bertz CT molecular complexity index is 1740. The van der Waals surface area contributed by atoms with Crippen LogP contribution >= 0.6 is 51.5 Å². The Kier molecular flexibility index (Phi) is 11.0. The van der Waals surface area contributed by atoms with Crippen molar-refractivity contribution in [3.05, 3.63) is 92.3 Å². The minimum absolute atomic E-state index is 0. The summed E-state index contributed by atoms with van der Waals surface area (Å²) in [5, 5.41) is 3.26. The lowest BCUT2D eigenvalue weighted by Gasteiger charge is -2.21. The zero-order chi connectivity index (χ0) is 30.7. The number of likely N-dealkylation sites (N-methyl/N-ethyl adjacent to an activating group) is 1. The lowest BCUT2D eigenvalue weighted by atomic mass is 10.2. The highest BCUT2D eigenvalue weighted by molar-refractivity contribution is 9.10. The monoisotopic (exact) mass is 719 g/mol. The Morgan fingerprint density at radius 3 is 2.61 bits per heavy atom. The summed E-state index contributed by atoms with van der Waals surface area (Å²) in [7, 11) is 1.57. The van der Waals surface area contributed by atoms with Gasteiger partial charge >= 0.3 is 0 Å². The first-order chi connectivity index (χ1) is 20.6. The van der Waals surface area contributed by atoms with Gasteiger partial charge in [0.15, 0.2) is 11.4 Å². The van der Waals surface area contributed by atoms with Crippen LogP contribution in [0.3, 0.4) is 0 Å². The molecule has 0 atom stereocenters. The number of pyridine rings is 1. The SMILES string of the molecule is Cc1nc2c(OCc3c(Cl)ccc(N(C)C(=O)CNC(=O)/C=C/c4ccc(N5CCCC5=O)cc4)c3Cl)cccn2c1Br.Cl. The van der Waals surface area contributed by atoms with E-state index >= 15 is 0 Å². The second-order valence-electron chi connectivity index (χ2n) is 9.95. The molecule has 1 saturated heterocycles. The highest BCUT2D eigenvalue weighted by Crippen LogP contribution is 2.35. The van der Waals surface area contributed by atoms with E-state index in [0.717, 1.165) is 34.5 Å². The number of carbonyl (C=O) groups is 3. The average molecular weight is 722 g/mol. The summed E-state index contributed by atoms with van der Waals surface area (Å²) in [4.78, 5) is 44.9. The van der Waals surface area contributed by atoms with Crippen molar-refractivity contribution in [2.24, 2.45) is 0 Å². The maximum atomic E-state index is 12.9. The molecule has 2 aromatic heterocycles. The van der Waals surface area contributed by atoms with Gasteiger partial charge in [0.2, 0.25) is 17.7 Å². The van der Waals surface area contributed by atoms with Crippen molar-refractivity contribution >= 4 is 92.4 Å². The standard InChI is InChI=1S/C31H28BrCl2N5O4.ClH/c1-19-30(32)39-16-3-5-25(31(39)36-19)43-18-22-23(33)12-13-24(29(22)34)37(2)28(42)17-35-26(40)14-9-20-7-10-21(11-8-20)38-15-4-6-27(38)41;/h3,5,7-14,16H,4,6,15,17-18H2,1-2H3,(H,35,40);1H/b14-9+;. The Balaban J connectivity index is 0.00000442. The number of carbonyl (C=O) groups excluding carboxylic acids is 3. The lowest BCUT2D eigenvalue weighted by molar-refractivity contribution is -0.122. The van der Waals surface area contributed by atoms with Gasteiger partial charge in [-0.3, -0.25) is 18.8 Å². The Morgan fingerprint density at radius 1 is 1.16 bits per heavy atom. The predicted molar refractivity (Wildman–Crippen MR) is 179 cm³/mol. The number of amides is 3. The maximum absolute atomic E-state index is 12.9. The van der Waals surface area contributed by atoms with Gasteiger partial charge in [0.1, 0.15) is 11.2 Å².